The van der Waals surface area contributed by atoms with Crippen LogP contribution in [0.15, 0.2) is 176 Å². The summed E-state index contributed by atoms with van der Waals surface area (Å²) in [6, 6.07) is 51.8. The third-order valence-electron chi connectivity index (χ3n) is 9.68. The Balaban J connectivity index is 1.24. The van der Waals surface area contributed by atoms with Gasteiger partial charge < -0.3 is 18.6 Å². The van der Waals surface area contributed by atoms with Crippen molar-refractivity contribution < 1.29 is 8.83 Å². The summed E-state index contributed by atoms with van der Waals surface area (Å²) in [7, 11) is 0. The molecule has 0 aliphatic heterocycles. The van der Waals surface area contributed by atoms with E-state index in [1.165, 1.54) is 0 Å². The highest BCUT2D eigenvalue weighted by Gasteiger charge is 2.21. The van der Waals surface area contributed by atoms with Gasteiger partial charge in [0.1, 0.15) is 11.2 Å². The predicted octanol–water partition coefficient (Wildman–Crippen LogP) is 11.8. The van der Waals surface area contributed by atoms with Crippen LogP contribution in [0, 0.1) is 13.8 Å². The fourth-order valence-corrected chi connectivity index (χ4v) is 7.45. The maximum absolute atomic E-state index is 13.8. The van der Waals surface area contributed by atoms with Crippen LogP contribution >= 0.6 is 0 Å². The first-order chi connectivity index (χ1) is 25.4. The molecule has 0 spiro atoms. The van der Waals surface area contributed by atoms with E-state index in [0.717, 1.165) is 56.0 Å². The second-order valence-corrected chi connectivity index (χ2v) is 13.0. The summed E-state index contributed by atoms with van der Waals surface area (Å²) in [5, 5.41) is 3.65. The van der Waals surface area contributed by atoms with Crippen LogP contribution in [0.3, 0.4) is 0 Å². The van der Waals surface area contributed by atoms with Crippen molar-refractivity contribution in [3.8, 4) is 0 Å². The van der Waals surface area contributed by atoms with Gasteiger partial charge in [0, 0.05) is 56.4 Å². The van der Waals surface area contributed by atoms with E-state index in [1.807, 2.05) is 147 Å². The normalized spacial score (nSPS) is 11.4. The number of anilines is 6. The molecule has 250 valence electrons. The van der Waals surface area contributed by atoms with Crippen LogP contribution in [0.4, 0.5) is 34.1 Å². The van der Waals surface area contributed by atoms with Gasteiger partial charge in [-0.3, -0.25) is 0 Å². The second kappa shape index (κ2) is 12.4. The molecule has 0 fully saturated rings. The molecular formula is C46H32N2O4. The number of para-hydroxylation sites is 4. The molecule has 0 aliphatic rings. The second-order valence-electron chi connectivity index (χ2n) is 13.0. The van der Waals surface area contributed by atoms with E-state index in [-0.39, 0.29) is 0 Å². The minimum Gasteiger partial charge on any atom is -0.422 e. The lowest BCUT2D eigenvalue weighted by atomic mass is 9.96. The van der Waals surface area contributed by atoms with Crippen molar-refractivity contribution >= 4 is 77.6 Å². The highest BCUT2D eigenvalue weighted by atomic mass is 16.4. The molecule has 6 heteroatoms. The molecular weight excluding hydrogens is 645 g/mol. The monoisotopic (exact) mass is 676 g/mol. The molecule has 6 nitrogen and oxygen atoms in total. The largest absolute Gasteiger partial charge is 0.422 e. The van der Waals surface area contributed by atoms with Gasteiger partial charge in [-0.1, -0.05) is 72.8 Å². The number of benzene rings is 7. The number of nitrogens with zero attached hydrogens (tertiary/aromatic N) is 2. The number of aryl methyl sites for hydroxylation is 2. The molecule has 7 aromatic carbocycles. The molecule has 0 atom stereocenters. The number of hydrogen-bond donors (Lipinski definition) is 0. The van der Waals surface area contributed by atoms with Crippen molar-refractivity contribution in [2.45, 2.75) is 13.8 Å². The summed E-state index contributed by atoms with van der Waals surface area (Å²) < 4.78 is 12.2. The van der Waals surface area contributed by atoms with Crippen molar-refractivity contribution in [2.24, 2.45) is 0 Å². The van der Waals surface area contributed by atoms with Crippen LogP contribution in [0.25, 0.3) is 43.5 Å². The Bertz CT molecular complexity index is 2620. The highest BCUT2D eigenvalue weighted by Crippen LogP contribution is 2.41. The summed E-state index contributed by atoms with van der Waals surface area (Å²) in [6.45, 7) is 4.01. The molecule has 2 aromatic heterocycles. The SMILES string of the molecule is Cc1cc(N(c2ccccc2)c2ccccc2)cc2oc(=O)c3cc4c(cc3c12)c(=O)oc1cc(N(c2ccccc2)c2ccccc2)cc(C)c14. The third kappa shape index (κ3) is 5.20. The molecule has 0 saturated carbocycles. The molecule has 2 heterocycles. The van der Waals surface area contributed by atoms with E-state index < -0.39 is 11.3 Å². The zero-order valence-corrected chi connectivity index (χ0v) is 28.5. The quantitative estimate of drug-likeness (QED) is 0.0992. The van der Waals surface area contributed by atoms with Crippen LogP contribution in [-0.2, 0) is 0 Å². The van der Waals surface area contributed by atoms with Crippen molar-refractivity contribution in [2.75, 3.05) is 9.80 Å². The van der Waals surface area contributed by atoms with Gasteiger partial charge in [-0.15, -0.1) is 0 Å². The summed E-state index contributed by atoms with van der Waals surface area (Å²) in [5.74, 6) is 0. The van der Waals surface area contributed by atoms with Crippen LogP contribution in [0.1, 0.15) is 11.1 Å². The minimum absolute atomic E-state index is 0.407. The molecule has 0 amide bonds. The van der Waals surface area contributed by atoms with E-state index in [2.05, 4.69) is 21.9 Å². The number of rotatable bonds is 6. The summed E-state index contributed by atoms with van der Waals surface area (Å²) in [6.07, 6.45) is 0. The van der Waals surface area contributed by atoms with Gasteiger partial charge in [0.15, 0.2) is 0 Å². The number of fused-ring (bicyclic) bond motifs is 6. The fourth-order valence-electron chi connectivity index (χ4n) is 7.45. The van der Waals surface area contributed by atoms with Crippen molar-refractivity contribution in [3.05, 3.63) is 190 Å². The Kier molecular flexibility index (Phi) is 7.44. The lowest BCUT2D eigenvalue weighted by molar-refractivity contribution is 0.568. The summed E-state index contributed by atoms with van der Waals surface area (Å²) in [5.41, 5.74) is 7.35. The van der Waals surface area contributed by atoms with Gasteiger partial charge in [-0.2, -0.15) is 0 Å². The van der Waals surface area contributed by atoms with Gasteiger partial charge >= 0.3 is 11.3 Å². The Morgan fingerprint density at radius 2 is 0.673 bits per heavy atom. The molecule has 52 heavy (non-hydrogen) atoms. The number of hydrogen-bond acceptors (Lipinski definition) is 6. The topological polar surface area (TPSA) is 66.9 Å². The average Bonchev–Trinajstić information content (AvgIpc) is 3.16. The van der Waals surface area contributed by atoms with Gasteiger partial charge in [-0.05, 0) is 97.8 Å². The molecule has 0 radical (unpaired) electrons. The Labute approximate surface area is 299 Å². The molecule has 0 unspecified atom stereocenters. The molecule has 0 aliphatic carbocycles. The zero-order valence-electron chi connectivity index (χ0n) is 28.5. The van der Waals surface area contributed by atoms with E-state index in [1.54, 1.807) is 12.1 Å². The first kappa shape index (κ1) is 31.1. The minimum atomic E-state index is -0.470. The van der Waals surface area contributed by atoms with Crippen molar-refractivity contribution in [3.63, 3.8) is 0 Å². The Morgan fingerprint density at radius 1 is 0.365 bits per heavy atom. The summed E-state index contributed by atoms with van der Waals surface area (Å²) in [4.78, 5) is 31.9. The first-order valence-corrected chi connectivity index (χ1v) is 17.2. The maximum Gasteiger partial charge on any atom is 0.344 e. The average molecular weight is 677 g/mol. The predicted molar refractivity (Wildman–Crippen MR) is 212 cm³/mol. The van der Waals surface area contributed by atoms with E-state index >= 15 is 0 Å². The maximum atomic E-state index is 13.8. The lowest BCUT2D eigenvalue weighted by Crippen LogP contribution is -2.11. The zero-order chi connectivity index (χ0) is 35.3. The molecule has 9 rings (SSSR count). The highest BCUT2D eigenvalue weighted by molar-refractivity contribution is 6.16. The van der Waals surface area contributed by atoms with Gasteiger partial charge in [-0.25, -0.2) is 9.59 Å². The van der Waals surface area contributed by atoms with E-state index in [4.69, 9.17) is 8.83 Å². The molecule has 9 aromatic rings. The van der Waals surface area contributed by atoms with Crippen molar-refractivity contribution in [1.29, 1.82) is 0 Å². The first-order valence-electron chi connectivity index (χ1n) is 17.2. The van der Waals surface area contributed by atoms with E-state index in [9.17, 15) is 9.59 Å². The van der Waals surface area contributed by atoms with Crippen molar-refractivity contribution in [1.82, 2.24) is 0 Å². The van der Waals surface area contributed by atoms with Crippen LogP contribution < -0.4 is 21.1 Å². The Hall–Kier alpha value is -6.92. The fraction of sp³-hybridized carbons (Fsp3) is 0.0435. The third-order valence-corrected chi connectivity index (χ3v) is 9.68. The lowest BCUT2D eigenvalue weighted by Gasteiger charge is -2.26. The molecule has 0 N–H and O–H groups in total. The van der Waals surface area contributed by atoms with E-state index in [0.29, 0.717) is 32.7 Å². The van der Waals surface area contributed by atoms with Crippen LogP contribution in [0.2, 0.25) is 0 Å². The van der Waals surface area contributed by atoms with Gasteiger partial charge in [0.2, 0.25) is 0 Å². The molecule has 0 saturated heterocycles. The summed E-state index contributed by atoms with van der Waals surface area (Å²) >= 11 is 0. The standard InChI is InChI=1S/C46H32N2O4/c1-29-23-35(47(31-15-7-3-8-16-31)32-17-9-4-10-18-32)25-41-43(29)37-27-40-38(28-39(37)45(49)51-41)44-30(2)24-36(26-42(44)52-46(40)50)48(33-19-11-5-12-20-33)34-21-13-6-14-22-34/h3-28H,1-2H3. The van der Waals surface area contributed by atoms with Gasteiger partial charge in [0.05, 0.1) is 22.1 Å². The van der Waals surface area contributed by atoms with Crippen LogP contribution in [-0.4, -0.2) is 0 Å². The Morgan fingerprint density at radius 3 is 0.981 bits per heavy atom. The van der Waals surface area contributed by atoms with Crippen LogP contribution in [0.5, 0.6) is 0 Å². The smallest absolute Gasteiger partial charge is 0.344 e. The molecule has 0 bridgehead atoms. The van der Waals surface area contributed by atoms with Gasteiger partial charge in [0.25, 0.3) is 0 Å².